The molecule has 138 valence electrons. The fourth-order valence-electron chi connectivity index (χ4n) is 2.19. The quantitative estimate of drug-likeness (QED) is 0.653. The number of hydrogen-bond donors (Lipinski definition) is 2. The molecule has 5 nitrogen and oxygen atoms in total. The van der Waals surface area contributed by atoms with Crippen molar-refractivity contribution < 1.29 is 14.3 Å². The van der Waals surface area contributed by atoms with Crippen molar-refractivity contribution in [2.45, 2.75) is 33.3 Å². The van der Waals surface area contributed by atoms with Gasteiger partial charge in [0.05, 0.1) is 4.47 Å². The first kappa shape index (κ1) is 20.3. The van der Waals surface area contributed by atoms with E-state index >= 15 is 0 Å². The van der Waals surface area contributed by atoms with Crippen LogP contribution in [0.5, 0.6) is 5.75 Å². The van der Waals surface area contributed by atoms with E-state index in [1.807, 2.05) is 6.92 Å². The molecule has 0 bridgehead atoms. The van der Waals surface area contributed by atoms with Crippen molar-refractivity contribution in [1.82, 2.24) is 0 Å². The van der Waals surface area contributed by atoms with Gasteiger partial charge >= 0.3 is 0 Å². The zero-order valence-electron chi connectivity index (χ0n) is 14.7. The highest BCUT2D eigenvalue weighted by molar-refractivity contribution is 9.10. The van der Waals surface area contributed by atoms with E-state index in [0.29, 0.717) is 33.0 Å². The second kappa shape index (κ2) is 9.05. The molecular weight excluding hydrogens is 420 g/mol. The summed E-state index contributed by atoms with van der Waals surface area (Å²) in [5, 5.41) is 6.22. The maximum Gasteiger partial charge on any atom is 0.265 e. The number of amides is 2. The average molecular weight is 440 g/mol. The Morgan fingerprint density at radius 3 is 2.46 bits per heavy atom. The fraction of sp³-hybridized carbons (Fsp3) is 0.263. The number of nitrogens with one attached hydrogen (secondary N) is 2. The normalized spacial score (nSPS) is 11.6. The van der Waals surface area contributed by atoms with Gasteiger partial charge < -0.3 is 15.4 Å². The molecule has 0 heterocycles. The van der Waals surface area contributed by atoms with Crippen LogP contribution in [0.15, 0.2) is 40.9 Å². The minimum Gasteiger partial charge on any atom is -0.480 e. The van der Waals surface area contributed by atoms with Gasteiger partial charge in [0.2, 0.25) is 5.91 Å². The van der Waals surface area contributed by atoms with Gasteiger partial charge in [-0.25, -0.2) is 0 Å². The van der Waals surface area contributed by atoms with E-state index in [1.165, 1.54) is 0 Å². The van der Waals surface area contributed by atoms with Crippen LogP contribution in [0, 0.1) is 6.92 Å². The molecule has 0 fully saturated rings. The number of hydrogen-bond acceptors (Lipinski definition) is 3. The Hall–Kier alpha value is -2.05. The molecule has 2 aromatic carbocycles. The first-order valence-corrected chi connectivity index (χ1v) is 9.31. The summed E-state index contributed by atoms with van der Waals surface area (Å²) in [5.41, 5.74) is 2.07. The van der Waals surface area contributed by atoms with Gasteiger partial charge in [-0.2, -0.15) is 0 Å². The van der Waals surface area contributed by atoms with E-state index in [4.69, 9.17) is 16.3 Å². The highest BCUT2D eigenvalue weighted by Gasteiger charge is 2.18. The Morgan fingerprint density at radius 2 is 1.85 bits per heavy atom. The third kappa shape index (κ3) is 5.22. The van der Waals surface area contributed by atoms with Crippen molar-refractivity contribution in [3.8, 4) is 5.75 Å². The van der Waals surface area contributed by atoms with E-state index in [9.17, 15) is 9.59 Å². The van der Waals surface area contributed by atoms with E-state index in [0.717, 1.165) is 5.56 Å². The lowest BCUT2D eigenvalue weighted by molar-refractivity contribution is -0.122. The monoisotopic (exact) mass is 438 g/mol. The summed E-state index contributed by atoms with van der Waals surface area (Å²) in [4.78, 5) is 24.1. The van der Waals surface area contributed by atoms with Crippen molar-refractivity contribution in [2.75, 3.05) is 10.6 Å². The summed E-state index contributed by atoms with van der Waals surface area (Å²) in [6, 6.07) is 10.4. The Balaban J connectivity index is 2.09. The minimum absolute atomic E-state index is 0.0825. The molecule has 2 rings (SSSR count). The van der Waals surface area contributed by atoms with Gasteiger partial charge in [0, 0.05) is 22.8 Å². The van der Waals surface area contributed by atoms with Gasteiger partial charge in [0.1, 0.15) is 5.75 Å². The molecule has 0 aliphatic carbocycles. The lowest BCUT2D eigenvalue weighted by atomic mass is 10.1. The maximum atomic E-state index is 12.5. The second-order valence-electron chi connectivity index (χ2n) is 5.70. The van der Waals surface area contributed by atoms with Gasteiger partial charge in [-0.1, -0.05) is 24.6 Å². The van der Waals surface area contributed by atoms with Crippen LogP contribution in [0.1, 0.15) is 25.8 Å². The summed E-state index contributed by atoms with van der Waals surface area (Å²) >= 11 is 9.27. The molecule has 7 heteroatoms. The third-order valence-electron chi connectivity index (χ3n) is 3.75. The Bertz CT molecular complexity index is 826. The average Bonchev–Trinajstić information content (AvgIpc) is 2.60. The van der Waals surface area contributed by atoms with E-state index < -0.39 is 6.10 Å². The standard InChI is InChI=1S/C19H20BrClN2O3/c1-4-18(24)22-15-6-5-7-16(11(15)2)23-19(25)12(3)26-17-9-8-13(21)10-14(17)20/h5-10,12H,4H2,1-3H3,(H,22,24)(H,23,25). The topological polar surface area (TPSA) is 67.4 Å². The van der Waals surface area contributed by atoms with Crippen LogP contribution in [0.3, 0.4) is 0 Å². The Kier molecular flexibility index (Phi) is 7.06. The number of carbonyl (C=O) groups excluding carboxylic acids is 2. The SMILES string of the molecule is CCC(=O)Nc1cccc(NC(=O)C(C)Oc2ccc(Cl)cc2Br)c1C. The van der Waals surface area contributed by atoms with Crippen LogP contribution < -0.4 is 15.4 Å². The molecule has 2 aromatic rings. The number of ether oxygens (including phenoxy) is 1. The molecule has 2 N–H and O–H groups in total. The molecule has 0 spiro atoms. The highest BCUT2D eigenvalue weighted by atomic mass is 79.9. The van der Waals surface area contributed by atoms with Crippen LogP contribution in [-0.4, -0.2) is 17.9 Å². The van der Waals surface area contributed by atoms with Crippen molar-refractivity contribution >= 4 is 50.7 Å². The van der Waals surface area contributed by atoms with Crippen molar-refractivity contribution in [1.29, 1.82) is 0 Å². The third-order valence-corrected chi connectivity index (χ3v) is 4.61. The molecule has 0 radical (unpaired) electrons. The zero-order chi connectivity index (χ0) is 19.3. The predicted octanol–water partition coefficient (Wildman–Crippen LogP) is 5.17. The molecule has 26 heavy (non-hydrogen) atoms. The first-order valence-electron chi connectivity index (χ1n) is 8.13. The Morgan fingerprint density at radius 1 is 1.19 bits per heavy atom. The van der Waals surface area contributed by atoms with Gasteiger partial charge in [-0.15, -0.1) is 0 Å². The van der Waals surface area contributed by atoms with E-state index in [1.54, 1.807) is 50.2 Å². The summed E-state index contributed by atoms with van der Waals surface area (Å²) < 4.78 is 6.37. The summed E-state index contributed by atoms with van der Waals surface area (Å²) in [6.07, 6.45) is -0.336. The van der Waals surface area contributed by atoms with Crippen LogP contribution in [0.2, 0.25) is 5.02 Å². The Labute approximate surface area is 166 Å². The smallest absolute Gasteiger partial charge is 0.265 e. The molecule has 1 unspecified atom stereocenters. The fourth-order valence-corrected chi connectivity index (χ4v) is 2.97. The molecule has 0 saturated heterocycles. The number of anilines is 2. The maximum absolute atomic E-state index is 12.5. The number of carbonyl (C=O) groups is 2. The first-order chi connectivity index (χ1) is 12.3. The van der Waals surface area contributed by atoms with Crippen LogP contribution in [-0.2, 0) is 9.59 Å². The van der Waals surface area contributed by atoms with Gasteiger partial charge in [0.15, 0.2) is 6.10 Å². The summed E-state index contributed by atoms with van der Waals surface area (Å²) in [6.45, 7) is 5.28. The second-order valence-corrected chi connectivity index (χ2v) is 6.99. The molecule has 0 saturated carbocycles. The molecule has 0 aromatic heterocycles. The summed E-state index contributed by atoms with van der Waals surface area (Å²) in [7, 11) is 0. The summed E-state index contributed by atoms with van der Waals surface area (Å²) in [5.74, 6) is 0.146. The highest BCUT2D eigenvalue weighted by Crippen LogP contribution is 2.29. The molecule has 2 amide bonds. The van der Waals surface area contributed by atoms with E-state index in [2.05, 4.69) is 26.6 Å². The van der Waals surface area contributed by atoms with Crippen LogP contribution in [0.4, 0.5) is 11.4 Å². The van der Waals surface area contributed by atoms with Crippen molar-refractivity contribution in [3.63, 3.8) is 0 Å². The number of benzene rings is 2. The molecule has 0 aliphatic heterocycles. The van der Waals surface area contributed by atoms with E-state index in [-0.39, 0.29) is 11.8 Å². The predicted molar refractivity (Wildman–Crippen MR) is 108 cm³/mol. The number of rotatable bonds is 6. The van der Waals surface area contributed by atoms with Gasteiger partial charge in [0.25, 0.3) is 5.91 Å². The minimum atomic E-state index is -0.722. The molecular formula is C19H20BrClN2O3. The van der Waals surface area contributed by atoms with Crippen molar-refractivity contribution in [3.05, 3.63) is 51.5 Å². The van der Waals surface area contributed by atoms with Gasteiger partial charge in [-0.05, 0) is 65.7 Å². The molecule has 0 aliphatic rings. The van der Waals surface area contributed by atoms with Crippen LogP contribution >= 0.6 is 27.5 Å². The van der Waals surface area contributed by atoms with Crippen molar-refractivity contribution in [2.24, 2.45) is 0 Å². The van der Waals surface area contributed by atoms with Crippen LogP contribution in [0.25, 0.3) is 0 Å². The van der Waals surface area contributed by atoms with Gasteiger partial charge in [-0.3, -0.25) is 9.59 Å². The lowest BCUT2D eigenvalue weighted by Crippen LogP contribution is -2.30. The zero-order valence-corrected chi connectivity index (χ0v) is 17.1. The largest absolute Gasteiger partial charge is 0.480 e. The lowest BCUT2D eigenvalue weighted by Gasteiger charge is -2.18. The number of halogens is 2. The molecule has 1 atom stereocenters.